The lowest BCUT2D eigenvalue weighted by atomic mass is 10.1. The molecule has 0 aromatic rings. The molecule has 1 unspecified atom stereocenters. The fourth-order valence-corrected chi connectivity index (χ4v) is 5.06. The lowest BCUT2D eigenvalue weighted by Gasteiger charge is -2.17. The first-order valence-corrected chi connectivity index (χ1v) is 6.64. The van der Waals surface area contributed by atoms with Crippen LogP contribution in [-0.4, -0.2) is 38.4 Å². The van der Waals surface area contributed by atoms with Crippen LogP contribution in [-0.2, 0) is 15.7 Å². The van der Waals surface area contributed by atoms with Crippen molar-refractivity contribution in [3.05, 3.63) is 0 Å². The number of amides is 1. The SMILES string of the molecule is CC(=O)N1C[S+](C(=O)O)C2(CCCC2)C1. The Labute approximate surface area is 92.0 Å². The van der Waals surface area contributed by atoms with Gasteiger partial charge in [0.05, 0.1) is 6.54 Å². The van der Waals surface area contributed by atoms with Crippen LogP contribution in [0.5, 0.6) is 0 Å². The van der Waals surface area contributed by atoms with Crippen LogP contribution in [0.1, 0.15) is 32.6 Å². The Morgan fingerprint density at radius 1 is 1.33 bits per heavy atom. The van der Waals surface area contributed by atoms with Gasteiger partial charge < -0.3 is 5.11 Å². The maximum atomic E-state index is 11.3. The molecule has 1 amide bonds. The van der Waals surface area contributed by atoms with E-state index in [9.17, 15) is 14.7 Å². The summed E-state index contributed by atoms with van der Waals surface area (Å²) in [5, 5.41) is 8.51. The Kier molecular flexibility index (Phi) is 2.66. The minimum absolute atomic E-state index is 0.0116. The van der Waals surface area contributed by atoms with Crippen LogP contribution in [0.4, 0.5) is 4.79 Å². The highest BCUT2D eigenvalue weighted by Gasteiger charge is 2.61. The molecule has 1 N–H and O–H groups in total. The number of carboxylic acid groups (broad SMARTS) is 1. The van der Waals surface area contributed by atoms with E-state index in [1.54, 1.807) is 4.90 Å². The van der Waals surface area contributed by atoms with E-state index in [1.165, 1.54) is 6.92 Å². The zero-order valence-corrected chi connectivity index (χ0v) is 9.68. The standard InChI is InChI=1S/C10H15NO3S/c1-8(12)11-6-10(4-2-3-5-10)15(7-11)9(13)14/h2-7H2,1H3/p+1. The fraction of sp³-hybridized carbons (Fsp3) is 0.800. The Hall–Kier alpha value is -0.710. The van der Waals surface area contributed by atoms with Crippen molar-refractivity contribution in [2.75, 3.05) is 12.4 Å². The first-order valence-electron chi connectivity index (χ1n) is 5.25. The van der Waals surface area contributed by atoms with E-state index >= 15 is 0 Å². The molecule has 0 aromatic carbocycles. The fourth-order valence-electron chi connectivity index (χ4n) is 2.63. The van der Waals surface area contributed by atoms with Crippen molar-refractivity contribution >= 4 is 22.1 Å². The second-order valence-corrected chi connectivity index (χ2v) is 6.65. The van der Waals surface area contributed by atoms with Crippen LogP contribution in [0, 0.1) is 0 Å². The summed E-state index contributed by atoms with van der Waals surface area (Å²) >= 11 is 0. The number of carbonyl (C=O) groups excluding carboxylic acids is 1. The van der Waals surface area contributed by atoms with Gasteiger partial charge in [-0.25, -0.2) is 0 Å². The third kappa shape index (κ3) is 1.73. The predicted molar refractivity (Wildman–Crippen MR) is 58.8 cm³/mol. The molecule has 1 saturated heterocycles. The number of nitrogens with zero attached hydrogens (tertiary/aromatic N) is 1. The van der Waals surface area contributed by atoms with Crippen molar-refractivity contribution in [2.45, 2.75) is 37.4 Å². The molecule has 4 nitrogen and oxygen atoms in total. The summed E-state index contributed by atoms with van der Waals surface area (Å²) in [6.45, 7) is 2.19. The smallest absolute Gasteiger partial charge is 0.441 e. The normalized spacial score (nSPS) is 28.6. The lowest BCUT2D eigenvalue weighted by Crippen LogP contribution is -2.38. The average molecular weight is 230 g/mol. The van der Waals surface area contributed by atoms with Crippen LogP contribution in [0.15, 0.2) is 0 Å². The van der Waals surface area contributed by atoms with Gasteiger partial charge in [-0.3, -0.25) is 9.69 Å². The Balaban J connectivity index is 2.21. The number of hydrogen-bond acceptors (Lipinski definition) is 2. The van der Waals surface area contributed by atoms with E-state index in [0.29, 0.717) is 12.4 Å². The van der Waals surface area contributed by atoms with Gasteiger partial charge >= 0.3 is 5.30 Å². The summed E-state index contributed by atoms with van der Waals surface area (Å²) in [5.41, 5.74) is 0. The molecule has 1 spiro atoms. The predicted octanol–water partition coefficient (Wildman–Crippen LogP) is 1.42. The summed E-state index contributed by atoms with van der Waals surface area (Å²) in [4.78, 5) is 24.2. The van der Waals surface area contributed by atoms with Crippen molar-refractivity contribution < 1.29 is 14.7 Å². The van der Waals surface area contributed by atoms with Gasteiger partial charge in [0.1, 0.15) is 10.9 Å². The second-order valence-electron chi connectivity index (χ2n) is 4.39. The average Bonchev–Trinajstić information content (AvgIpc) is 2.74. The molecular weight excluding hydrogens is 214 g/mol. The van der Waals surface area contributed by atoms with Gasteiger partial charge in [-0.05, 0) is 12.8 Å². The van der Waals surface area contributed by atoms with Crippen molar-refractivity contribution in [1.29, 1.82) is 0 Å². The van der Waals surface area contributed by atoms with E-state index in [4.69, 9.17) is 0 Å². The molecule has 0 bridgehead atoms. The minimum atomic E-state index is -0.708. The molecule has 1 heterocycles. The molecule has 1 saturated carbocycles. The molecule has 2 aliphatic rings. The molecule has 0 radical (unpaired) electrons. The quantitative estimate of drug-likeness (QED) is 0.640. The van der Waals surface area contributed by atoms with E-state index in [-0.39, 0.29) is 10.7 Å². The van der Waals surface area contributed by atoms with Gasteiger partial charge in [0, 0.05) is 19.8 Å². The molecule has 5 heteroatoms. The minimum Gasteiger partial charge on any atom is -0.441 e. The van der Waals surface area contributed by atoms with Crippen molar-refractivity contribution in [2.24, 2.45) is 0 Å². The van der Waals surface area contributed by atoms with Crippen LogP contribution in [0.25, 0.3) is 0 Å². The van der Waals surface area contributed by atoms with Gasteiger partial charge in [0.25, 0.3) is 0 Å². The van der Waals surface area contributed by atoms with E-state index < -0.39 is 16.2 Å². The second kappa shape index (κ2) is 3.70. The number of carbonyl (C=O) groups is 2. The summed E-state index contributed by atoms with van der Waals surface area (Å²) in [6, 6.07) is 0. The van der Waals surface area contributed by atoms with Gasteiger partial charge in [-0.1, -0.05) is 0 Å². The Bertz CT molecular complexity index is 299. The van der Waals surface area contributed by atoms with Crippen LogP contribution in [0.2, 0.25) is 0 Å². The molecule has 84 valence electrons. The first kappa shape index (κ1) is 10.8. The number of rotatable bonds is 0. The zero-order chi connectivity index (χ0) is 11.1. The van der Waals surface area contributed by atoms with E-state index in [0.717, 1.165) is 25.7 Å². The molecule has 1 aliphatic heterocycles. The zero-order valence-electron chi connectivity index (χ0n) is 8.86. The van der Waals surface area contributed by atoms with Gasteiger partial charge in [0.15, 0.2) is 10.6 Å². The highest BCUT2D eigenvalue weighted by molar-refractivity contribution is 8.11. The molecule has 2 rings (SSSR count). The molecule has 1 aliphatic carbocycles. The topological polar surface area (TPSA) is 57.6 Å². The summed E-state index contributed by atoms with van der Waals surface area (Å²) < 4.78 is -0.0858. The highest BCUT2D eigenvalue weighted by atomic mass is 32.2. The van der Waals surface area contributed by atoms with Gasteiger partial charge in [0.2, 0.25) is 5.91 Å². The third-order valence-corrected chi connectivity index (χ3v) is 6.03. The summed E-state index contributed by atoms with van der Waals surface area (Å²) in [5.74, 6) is 0.447. The van der Waals surface area contributed by atoms with Crippen LogP contribution < -0.4 is 0 Å². The van der Waals surface area contributed by atoms with Crippen LogP contribution >= 0.6 is 0 Å². The molecular formula is C10H16NO3S+. The van der Waals surface area contributed by atoms with Gasteiger partial charge in [-0.15, -0.1) is 0 Å². The van der Waals surface area contributed by atoms with E-state index in [1.807, 2.05) is 0 Å². The van der Waals surface area contributed by atoms with E-state index in [2.05, 4.69) is 0 Å². The molecule has 2 fully saturated rings. The largest absolute Gasteiger partial charge is 0.525 e. The molecule has 0 aromatic heterocycles. The summed E-state index contributed by atoms with van der Waals surface area (Å²) in [6.07, 6.45) is 4.18. The lowest BCUT2D eigenvalue weighted by molar-refractivity contribution is -0.127. The molecule has 1 atom stereocenters. The Morgan fingerprint density at radius 2 is 1.93 bits per heavy atom. The molecule has 15 heavy (non-hydrogen) atoms. The number of hydrogen-bond donors (Lipinski definition) is 1. The van der Waals surface area contributed by atoms with Crippen molar-refractivity contribution in [3.63, 3.8) is 0 Å². The monoisotopic (exact) mass is 230 g/mol. The maximum absolute atomic E-state index is 11.3. The first-order chi connectivity index (χ1) is 7.05. The third-order valence-electron chi connectivity index (χ3n) is 3.46. The maximum Gasteiger partial charge on any atom is 0.525 e. The highest BCUT2D eigenvalue weighted by Crippen LogP contribution is 2.43. The van der Waals surface area contributed by atoms with Crippen molar-refractivity contribution in [1.82, 2.24) is 4.90 Å². The van der Waals surface area contributed by atoms with Crippen LogP contribution in [0.3, 0.4) is 0 Å². The summed E-state index contributed by atoms with van der Waals surface area (Å²) in [7, 11) is -0.642. The Morgan fingerprint density at radius 3 is 2.40 bits per heavy atom. The van der Waals surface area contributed by atoms with Gasteiger partial charge in [-0.2, -0.15) is 4.79 Å². The van der Waals surface area contributed by atoms with Crippen molar-refractivity contribution in [3.8, 4) is 0 Å².